The van der Waals surface area contributed by atoms with Gasteiger partial charge in [-0.1, -0.05) is 12.1 Å². The van der Waals surface area contributed by atoms with Crippen LogP contribution < -0.4 is 10.2 Å². The Bertz CT molecular complexity index is 704. The molecule has 108 valence electrons. The molecule has 1 aromatic heterocycles. The average Bonchev–Trinajstić information content (AvgIpc) is 3.06. The summed E-state index contributed by atoms with van der Waals surface area (Å²) >= 11 is 0. The third kappa shape index (κ3) is 2.16. The van der Waals surface area contributed by atoms with Gasteiger partial charge >= 0.3 is 6.03 Å². The highest BCUT2D eigenvalue weighted by molar-refractivity contribution is 5.95. The zero-order valence-electron chi connectivity index (χ0n) is 11.9. The van der Waals surface area contributed by atoms with E-state index in [9.17, 15) is 4.79 Å². The van der Waals surface area contributed by atoms with E-state index in [0.29, 0.717) is 24.8 Å². The molecule has 0 radical (unpaired) electrons. The van der Waals surface area contributed by atoms with Gasteiger partial charge in [0.25, 0.3) is 0 Å². The normalized spacial score (nSPS) is 18.1. The second-order valence-electron chi connectivity index (χ2n) is 5.70. The van der Waals surface area contributed by atoms with Crippen LogP contribution in [-0.4, -0.2) is 34.3 Å². The first-order valence-electron chi connectivity index (χ1n) is 7.31. The van der Waals surface area contributed by atoms with Gasteiger partial charge in [-0.05, 0) is 31.4 Å². The topological polar surface area (TPSA) is 73.9 Å². The molecule has 2 amide bonds. The number of hydrogen-bond donors (Lipinski definition) is 2. The molecule has 2 aromatic rings. The Morgan fingerprint density at radius 2 is 2.19 bits per heavy atom. The minimum atomic E-state index is -0.0380. The molecular weight excluding hydrogens is 266 g/mol. The number of carbonyl (C=O) groups excluding carboxylic acids is 1. The van der Waals surface area contributed by atoms with E-state index in [-0.39, 0.29) is 6.03 Å². The maximum absolute atomic E-state index is 11.9. The molecule has 2 aliphatic rings. The Balaban J connectivity index is 1.70. The van der Waals surface area contributed by atoms with Gasteiger partial charge < -0.3 is 5.32 Å². The van der Waals surface area contributed by atoms with Gasteiger partial charge in [-0.3, -0.25) is 10.00 Å². The Morgan fingerprint density at radius 1 is 1.33 bits per heavy atom. The molecule has 2 fully saturated rings. The van der Waals surface area contributed by atoms with E-state index < -0.39 is 0 Å². The van der Waals surface area contributed by atoms with E-state index in [0.717, 1.165) is 22.6 Å². The summed E-state index contributed by atoms with van der Waals surface area (Å²) in [6, 6.07) is 5.99. The SMILES string of the molecule is Cc1ccc(-c2n[nH]c(C3CC3)n2)cc1N1CCNC1=O. The number of anilines is 1. The molecule has 1 aliphatic carbocycles. The fourth-order valence-corrected chi connectivity index (χ4v) is 2.68. The molecule has 4 rings (SSSR count). The van der Waals surface area contributed by atoms with Gasteiger partial charge in [0.15, 0.2) is 5.82 Å². The molecule has 21 heavy (non-hydrogen) atoms. The molecule has 6 nitrogen and oxygen atoms in total. The van der Waals surface area contributed by atoms with Crippen LogP contribution in [0.3, 0.4) is 0 Å². The summed E-state index contributed by atoms with van der Waals surface area (Å²) in [6.45, 7) is 3.40. The lowest BCUT2D eigenvalue weighted by Gasteiger charge is -2.17. The quantitative estimate of drug-likeness (QED) is 0.906. The maximum Gasteiger partial charge on any atom is 0.322 e. The highest BCUT2D eigenvalue weighted by Crippen LogP contribution is 2.38. The van der Waals surface area contributed by atoms with Crippen LogP contribution in [0.2, 0.25) is 0 Å². The first-order chi connectivity index (χ1) is 10.2. The third-order valence-electron chi connectivity index (χ3n) is 4.08. The zero-order chi connectivity index (χ0) is 14.4. The molecule has 2 N–H and O–H groups in total. The Labute approximate surface area is 122 Å². The van der Waals surface area contributed by atoms with Crippen LogP contribution in [-0.2, 0) is 0 Å². The second kappa shape index (κ2) is 4.58. The highest BCUT2D eigenvalue weighted by atomic mass is 16.2. The van der Waals surface area contributed by atoms with E-state index in [1.54, 1.807) is 4.90 Å². The second-order valence-corrected chi connectivity index (χ2v) is 5.70. The van der Waals surface area contributed by atoms with Gasteiger partial charge in [0, 0.05) is 30.3 Å². The van der Waals surface area contributed by atoms with E-state index in [1.807, 2.05) is 25.1 Å². The number of H-pyrrole nitrogens is 1. The number of carbonyl (C=O) groups is 1. The summed E-state index contributed by atoms with van der Waals surface area (Å²) in [4.78, 5) is 18.2. The van der Waals surface area contributed by atoms with E-state index in [1.165, 1.54) is 12.8 Å². The third-order valence-corrected chi connectivity index (χ3v) is 4.08. The van der Waals surface area contributed by atoms with E-state index >= 15 is 0 Å². The van der Waals surface area contributed by atoms with Gasteiger partial charge in [0.1, 0.15) is 5.82 Å². The highest BCUT2D eigenvalue weighted by Gasteiger charge is 2.28. The van der Waals surface area contributed by atoms with Crippen molar-refractivity contribution in [2.45, 2.75) is 25.7 Å². The van der Waals surface area contributed by atoms with Gasteiger partial charge in [0.05, 0.1) is 0 Å². The number of aromatic amines is 1. The standard InChI is InChI=1S/C15H17N5O/c1-9-2-3-11(8-12(9)20-7-6-16-15(20)21)14-17-13(18-19-14)10-4-5-10/h2-3,8,10H,4-7H2,1H3,(H,16,21)(H,17,18,19). The molecule has 0 atom stereocenters. The summed E-state index contributed by atoms with van der Waals surface area (Å²) in [7, 11) is 0. The fourth-order valence-electron chi connectivity index (χ4n) is 2.68. The lowest BCUT2D eigenvalue weighted by molar-refractivity contribution is 0.252. The van der Waals surface area contributed by atoms with Crippen molar-refractivity contribution in [3.05, 3.63) is 29.6 Å². The molecule has 1 aliphatic heterocycles. The van der Waals surface area contributed by atoms with Crippen molar-refractivity contribution in [3.63, 3.8) is 0 Å². The van der Waals surface area contributed by atoms with Gasteiger partial charge in [-0.2, -0.15) is 5.10 Å². The van der Waals surface area contributed by atoms with Crippen molar-refractivity contribution in [1.29, 1.82) is 0 Å². The predicted octanol–water partition coefficient (Wildman–Crippen LogP) is 2.19. The van der Waals surface area contributed by atoms with Gasteiger partial charge in [-0.15, -0.1) is 0 Å². The summed E-state index contributed by atoms with van der Waals surface area (Å²) < 4.78 is 0. The molecule has 1 aromatic carbocycles. The van der Waals surface area contributed by atoms with Crippen molar-refractivity contribution in [3.8, 4) is 11.4 Å². The predicted molar refractivity (Wildman–Crippen MR) is 79.3 cm³/mol. The van der Waals surface area contributed by atoms with Gasteiger partial charge in [0.2, 0.25) is 0 Å². The van der Waals surface area contributed by atoms with Crippen molar-refractivity contribution in [2.24, 2.45) is 0 Å². The van der Waals surface area contributed by atoms with Gasteiger partial charge in [-0.25, -0.2) is 9.78 Å². The number of benzene rings is 1. The fraction of sp³-hybridized carbons (Fsp3) is 0.400. The first-order valence-corrected chi connectivity index (χ1v) is 7.31. The van der Waals surface area contributed by atoms with Crippen LogP contribution in [0.4, 0.5) is 10.5 Å². The monoisotopic (exact) mass is 283 g/mol. The molecule has 2 heterocycles. The van der Waals surface area contributed by atoms with Crippen molar-refractivity contribution in [1.82, 2.24) is 20.5 Å². The number of aromatic nitrogens is 3. The Morgan fingerprint density at radius 3 is 2.90 bits per heavy atom. The number of aryl methyl sites for hydroxylation is 1. The minimum Gasteiger partial charge on any atom is -0.336 e. The summed E-state index contributed by atoms with van der Waals surface area (Å²) in [5.74, 6) is 2.24. The van der Waals surface area contributed by atoms with Crippen LogP contribution in [0.25, 0.3) is 11.4 Å². The lowest BCUT2D eigenvalue weighted by Crippen LogP contribution is -2.28. The number of nitrogens with zero attached hydrogens (tertiary/aromatic N) is 3. The molecule has 1 saturated heterocycles. The number of hydrogen-bond acceptors (Lipinski definition) is 3. The molecular formula is C15H17N5O. The molecule has 0 unspecified atom stereocenters. The number of urea groups is 1. The van der Waals surface area contributed by atoms with Crippen molar-refractivity contribution < 1.29 is 4.79 Å². The summed E-state index contributed by atoms with van der Waals surface area (Å²) in [6.07, 6.45) is 2.39. The molecule has 1 saturated carbocycles. The van der Waals surface area contributed by atoms with E-state index in [4.69, 9.17) is 0 Å². The largest absolute Gasteiger partial charge is 0.336 e. The number of amides is 2. The molecule has 6 heteroatoms. The smallest absolute Gasteiger partial charge is 0.322 e. The molecule has 0 spiro atoms. The van der Waals surface area contributed by atoms with Crippen LogP contribution in [0, 0.1) is 6.92 Å². The Kier molecular flexibility index (Phi) is 2.70. The van der Waals surface area contributed by atoms with Crippen LogP contribution in [0.5, 0.6) is 0 Å². The van der Waals surface area contributed by atoms with Crippen molar-refractivity contribution in [2.75, 3.05) is 18.0 Å². The lowest BCUT2D eigenvalue weighted by atomic mass is 10.1. The first kappa shape index (κ1) is 12.4. The summed E-state index contributed by atoms with van der Waals surface area (Å²) in [5.41, 5.74) is 2.95. The van der Waals surface area contributed by atoms with Crippen LogP contribution in [0.1, 0.15) is 30.1 Å². The number of nitrogens with one attached hydrogen (secondary N) is 2. The minimum absolute atomic E-state index is 0.0380. The Hall–Kier alpha value is -2.37. The number of rotatable bonds is 3. The van der Waals surface area contributed by atoms with E-state index in [2.05, 4.69) is 20.5 Å². The van der Waals surface area contributed by atoms with Crippen LogP contribution in [0.15, 0.2) is 18.2 Å². The van der Waals surface area contributed by atoms with Crippen molar-refractivity contribution >= 4 is 11.7 Å². The summed E-state index contributed by atoms with van der Waals surface area (Å²) in [5, 5.41) is 10.2. The van der Waals surface area contributed by atoms with Crippen LogP contribution >= 0.6 is 0 Å². The average molecular weight is 283 g/mol. The molecule has 0 bridgehead atoms. The maximum atomic E-state index is 11.9. The zero-order valence-corrected chi connectivity index (χ0v) is 11.9.